The molecule has 2 aromatic rings. The van der Waals surface area contributed by atoms with Gasteiger partial charge in [-0.15, -0.1) is 0 Å². The molecule has 4 nitrogen and oxygen atoms in total. The summed E-state index contributed by atoms with van der Waals surface area (Å²) in [5.74, 6) is 0.397. The number of pyridine rings is 1. The number of aryl methyl sites for hydroxylation is 2. The molecule has 0 aliphatic rings. The molecule has 0 saturated heterocycles. The van der Waals surface area contributed by atoms with Gasteiger partial charge in [0.15, 0.2) is 0 Å². The van der Waals surface area contributed by atoms with Gasteiger partial charge >= 0.3 is 0 Å². The number of aromatic nitrogens is 1. The second kappa shape index (κ2) is 5.84. The van der Waals surface area contributed by atoms with E-state index in [9.17, 15) is 9.00 Å². The normalized spacial score (nSPS) is 12.3. The van der Waals surface area contributed by atoms with Crippen LogP contribution in [-0.4, -0.2) is 14.5 Å². The van der Waals surface area contributed by atoms with Crippen molar-refractivity contribution in [2.24, 2.45) is 0 Å². The first-order valence-electron chi connectivity index (χ1n) is 5.98. The number of nitrogens with zero attached hydrogens (tertiary/aromatic N) is 1. The Bertz CT molecular complexity index is 664. The molecule has 0 bridgehead atoms. The Hall–Kier alpha value is -1.88. The Morgan fingerprint density at radius 3 is 2.68 bits per heavy atom. The largest absolute Gasteiger partial charge is 0.398 e. The van der Waals surface area contributed by atoms with Gasteiger partial charge in [-0.05, 0) is 24.6 Å². The lowest BCUT2D eigenvalue weighted by Gasteiger charge is -2.08. The SMILES string of the molecule is Cc1ccccc1S(=O)CCn1cc(N)ccc1=O. The van der Waals surface area contributed by atoms with Gasteiger partial charge in [-0.25, -0.2) is 0 Å². The van der Waals surface area contributed by atoms with Gasteiger partial charge in [0.05, 0.1) is 10.8 Å². The fourth-order valence-electron chi connectivity index (χ4n) is 1.83. The van der Waals surface area contributed by atoms with Gasteiger partial charge in [0, 0.05) is 35.1 Å². The lowest BCUT2D eigenvalue weighted by atomic mass is 10.2. The van der Waals surface area contributed by atoms with E-state index in [1.807, 2.05) is 31.2 Å². The van der Waals surface area contributed by atoms with E-state index in [-0.39, 0.29) is 5.56 Å². The predicted octanol–water partition coefficient (Wildman–Crippen LogP) is 1.55. The molecule has 2 rings (SSSR count). The molecule has 1 atom stereocenters. The number of anilines is 1. The third kappa shape index (κ3) is 3.32. The van der Waals surface area contributed by atoms with Crippen LogP contribution in [0.25, 0.3) is 0 Å². The van der Waals surface area contributed by atoms with E-state index < -0.39 is 10.8 Å². The van der Waals surface area contributed by atoms with Crippen LogP contribution in [0.2, 0.25) is 0 Å². The highest BCUT2D eigenvalue weighted by Gasteiger charge is 2.07. The van der Waals surface area contributed by atoms with E-state index in [0.29, 0.717) is 18.0 Å². The summed E-state index contributed by atoms with van der Waals surface area (Å²) in [7, 11) is -1.11. The summed E-state index contributed by atoms with van der Waals surface area (Å²) >= 11 is 0. The van der Waals surface area contributed by atoms with Crippen LogP contribution in [0.15, 0.2) is 52.3 Å². The summed E-state index contributed by atoms with van der Waals surface area (Å²) in [4.78, 5) is 12.4. The van der Waals surface area contributed by atoms with Gasteiger partial charge in [0.25, 0.3) is 5.56 Å². The minimum Gasteiger partial charge on any atom is -0.398 e. The van der Waals surface area contributed by atoms with E-state index in [1.54, 1.807) is 12.3 Å². The molecule has 100 valence electrons. The minimum absolute atomic E-state index is 0.129. The van der Waals surface area contributed by atoms with Crippen LogP contribution in [-0.2, 0) is 17.3 Å². The highest BCUT2D eigenvalue weighted by molar-refractivity contribution is 7.85. The van der Waals surface area contributed by atoms with Crippen LogP contribution in [0.4, 0.5) is 5.69 Å². The van der Waals surface area contributed by atoms with Crippen LogP contribution in [0.3, 0.4) is 0 Å². The highest BCUT2D eigenvalue weighted by atomic mass is 32.2. The van der Waals surface area contributed by atoms with E-state index in [1.165, 1.54) is 10.6 Å². The molecule has 0 saturated carbocycles. The maximum absolute atomic E-state index is 12.2. The fraction of sp³-hybridized carbons (Fsp3) is 0.214. The van der Waals surface area contributed by atoms with Gasteiger partial charge in [0.1, 0.15) is 0 Å². The first-order valence-corrected chi connectivity index (χ1v) is 7.30. The third-order valence-electron chi connectivity index (χ3n) is 2.86. The molecule has 0 aliphatic heterocycles. The van der Waals surface area contributed by atoms with Crippen molar-refractivity contribution in [3.8, 4) is 0 Å². The molecular formula is C14H16N2O2S. The third-order valence-corrected chi connectivity index (χ3v) is 4.36. The number of hydrogen-bond acceptors (Lipinski definition) is 3. The van der Waals surface area contributed by atoms with Crippen molar-refractivity contribution in [1.82, 2.24) is 4.57 Å². The molecule has 1 aromatic carbocycles. The van der Waals surface area contributed by atoms with Crippen molar-refractivity contribution >= 4 is 16.5 Å². The van der Waals surface area contributed by atoms with Crippen molar-refractivity contribution in [2.75, 3.05) is 11.5 Å². The zero-order valence-electron chi connectivity index (χ0n) is 10.7. The summed E-state index contributed by atoms with van der Waals surface area (Å²) in [6, 6.07) is 10.6. The molecule has 5 heteroatoms. The highest BCUT2D eigenvalue weighted by Crippen LogP contribution is 2.12. The molecular weight excluding hydrogens is 260 g/mol. The summed E-state index contributed by atoms with van der Waals surface area (Å²) in [6.07, 6.45) is 1.58. The average Bonchev–Trinajstić information content (AvgIpc) is 2.40. The first-order chi connectivity index (χ1) is 9.08. The van der Waals surface area contributed by atoms with E-state index in [4.69, 9.17) is 5.73 Å². The van der Waals surface area contributed by atoms with Crippen LogP contribution in [0.5, 0.6) is 0 Å². The average molecular weight is 276 g/mol. The number of nitrogen functional groups attached to an aromatic ring is 1. The van der Waals surface area contributed by atoms with Gasteiger partial charge in [0.2, 0.25) is 0 Å². The Labute approximate surface area is 114 Å². The molecule has 2 N–H and O–H groups in total. The van der Waals surface area contributed by atoms with Gasteiger partial charge in [-0.3, -0.25) is 9.00 Å². The molecule has 0 spiro atoms. The lowest BCUT2D eigenvalue weighted by molar-refractivity contribution is 0.669. The van der Waals surface area contributed by atoms with Crippen molar-refractivity contribution in [3.05, 3.63) is 58.5 Å². The number of benzene rings is 1. The van der Waals surface area contributed by atoms with E-state index in [2.05, 4.69) is 0 Å². The quantitative estimate of drug-likeness (QED) is 0.921. The molecule has 1 aromatic heterocycles. The maximum Gasteiger partial charge on any atom is 0.250 e. The lowest BCUT2D eigenvalue weighted by Crippen LogP contribution is -2.22. The topological polar surface area (TPSA) is 65.1 Å². The van der Waals surface area contributed by atoms with E-state index in [0.717, 1.165) is 10.5 Å². The molecule has 0 amide bonds. The first kappa shape index (κ1) is 13.5. The zero-order chi connectivity index (χ0) is 13.8. The molecule has 0 fully saturated rings. The Morgan fingerprint density at radius 1 is 1.21 bits per heavy atom. The van der Waals surface area contributed by atoms with E-state index >= 15 is 0 Å². The maximum atomic E-state index is 12.2. The van der Waals surface area contributed by atoms with Gasteiger partial charge in [-0.1, -0.05) is 18.2 Å². The van der Waals surface area contributed by atoms with Crippen LogP contribution >= 0.6 is 0 Å². The Kier molecular flexibility index (Phi) is 4.16. The summed E-state index contributed by atoms with van der Waals surface area (Å²) in [5, 5.41) is 0. The standard InChI is InChI=1S/C14H16N2O2S/c1-11-4-2-3-5-13(11)19(18)9-8-16-10-12(15)6-7-14(16)17/h2-7,10H,8-9,15H2,1H3. The smallest absolute Gasteiger partial charge is 0.250 e. The van der Waals surface area contributed by atoms with Crippen LogP contribution in [0, 0.1) is 6.92 Å². The summed E-state index contributed by atoms with van der Waals surface area (Å²) in [5.41, 5.74) is 7.03. The Morgan fingerprint density at radius 2 is 1.95 bits per heavy atom. The predicted molar refractivity (Wildman–Crippen MR) is 77.6 cm³/mol. The van der Waals surface area contributed by atoms with Crippen molar-refractivity contribution in [2.45, 2.75) is 18.4 Å². The molecule has 1 unspecified atom stereocenters. The monoisotopic (exact) mass is 276 g/mol. The number of nitrogens with two attached hydrogens (primary N) is 1. The van der Waals surface area contributed by atoms with Crippen molar-refractivity contribution in [1.29, 1.82) is 0 Å². The zero-order valence-corrected chi connectivity index (χ0v) is 11.5. The fourth-order valence-corrected chi connectivity index (χ4v) is 3.07. The van der Waals surface area contributed by atoms with Gasteiger partial charge in [-0.2, -0.15) is 0 Å². The van der Waals surface area contributed by atoms with Crippen molar-refractivity contribution in [3.63, 3.8) is 0 Å². The van der Waals surface area contributed by atoms with Gasteiger partial charge < -0.3 is 10.3 Å². The molecule has 0 radical (unpaired) electrons. The van der Waals surface area contributed by atoms with Crippen LogP contribution in [0.1, 0.15) is 5.56 Å². The molecule has 1 heterocycles. The number of hydrogen-bond donors (Lipinski definition) is 1. The summed E-state index contributed by atoms with van der Waals surface area (Å²) < 4.78 is 13.7. The number of rotatable bonds is 4. The second-order valence-corrected chi connectivity index (χ2v) is 5.85. The van der Waals surface area contributed by atoms with Crippen molar-refractivity contribution < 1.29 is 4.21 Å². The molecule has 0 aliphatic carbocycles. The second-order valence-electron chi connectivity index (χ2n) is 4.31. The molecule has 19 heavy (non-hydrogen) atoms. The summed E-state index contributed by atoms with van der Waals surface area (Å²) in [6.45, 7) is 2.32. The Balaban J connectivity index is 2.11. The van der Waals surface area contributed by atoms with Crippen LogP contribution < -0.4 is 11.3 Å². The minimum atomic E-state index is -1.11.